The largest absolute Gasteiger partial charge is 0.468 e. The number of hydrogen-bond acceptors (Lipinski definition) is 4. The van der Waals surface area contributed by atoms with E-state index in [9.17, 15) is 4.79 Å². The van der Waals surface area contributed by atoms with Gasteiger partial charge >= 0.3 is 5.97 Å². The summed E-state index contributed by atoms with van der Waals surface area (Å²) >= 11 is 0. The Balaban J connectivity index is 2.24. The summed E-state index contributed by atoms with van der Waals surface area (Å²) in [7, 11) is 1.41. The number of likely N-dealkylation sites (tertiary alicyclic amines) is 1. The Morgan fingerprint density at radius 2 is 2.46 bits per heavy atom. The van der Waals surface area contributed by atoms with E-state index in [1.807, 2.05) is 4.90 Å². The zero-order valence-electron chi connectivity index (χ0n) is 8.19. The third-order valence-corrected chi connectivity index (χ3v) is 2.44. The number of hydrogen-bond donors (Lipinski definition) is 1. The van der Waals surface area contributed by atoms with Gasteiger partial charge in [0.05, 0.1) is 13.2 Å². The van der Waals surface area contributed by atoms with Gasteiger partial charge in [-0.2, -0.15) is 0 Å². The first-order chi connectivity index (χ1) is 6.15. The third-order valence-electron chi connectivity index (χ3n) is 2.44. The molecule has 0 amide bonds. The lowest BCUT2D eigenvalue weighted by molar-refractivity contribution is -0.152. The quantitative estimate of drug-likeness (QED) is 0.630. The Hall–Kier alpha value is -0.610. The number of nitrogens with zero attached hydrogens (tertiary/aromatic N) is 1. The molecule has 0 aliphatic carbocycles. The number of aliphatic hydroxyl groups excluding tert-OH is 1. The van der Waals surface area contributed by atoms with Gasteiger partial charge in [0.2, 0.25) is 0 Å². The predicted octanol–water partition coefficient (Wildman–Crippen LogP) is 0.00460. The minimum Gasteiger partial charge on any atom is -0.468 e. The van der Waals surface area contributed by atoms with Crippen LogP contribution >= 0.6 is 0 Å². The Kier molecular flexibility index (Phi) is 3.69. The highest BCUT2D eigenvalue weighted by Crippen LogP contribution is 2.18. The van der Waals surface area contributed by atoms with Crippen molar-refractivity contribution in [1.29, 1.82) is 0 Å². The summed E-state index contributed by atoms with van der Waals surface area (Å²) in [6.07, 6.45) is 1.30. The number of esters is 1. The van der Waals surface area contributed by atoms with E-state index in [0.29, 0.717) is 6.42 Å². The standard InChI is InChI=1S/C9H17NO3/c1-7(11)3-5-10-6-4-8(10)9(12)13-2/h7-8,11H,3-6H2,1-2H3. The first-order valence-electron chi connectivity index (χ1n) is 4.65. The molecule has 1 heterocycles. The molecule has 1 N–H and O–H groups in total. The molecule has 0 aromatic rings. The van der Waals surface area contributed by atoms with E-state index in [2.05, 4.69) is 4.74 Å². The van der Waals surface area contributed by atoms with Crippen molar-refractivity contribution in [2.45, 2.75) is 31.9 Å². The molecule has 4 heteroatoms. The first-order valence-corrected chi connectivity index (χ1v) is 4.65. The van der Waals surface area contributed by atoms with Crippen LogP contribution in [0.25, 0.3) is 0 Å². The minimum absolute atomic E-state index is 0.0660. The van der Waals surface area contributed by atoms with E-state index in [1.165, 1.54) is 7.11 Å². The molecule has 13 heavy (non-hydrogen) atoms. The highest BCUT2D eigenvalue weighted by molar-refractivity contribution is 5.76. The van der Waals surface area contributed by atoms with Gasteiger partial charge in [0.15, 0.2) is 0 Å². The van der Waals surface area contributed by atoms with Crippen molar-refractivity contribution in [2.24, 2.45) is 0 Å². The van der Waals surface area contributed by atoms with Crippen LogP contribution in [0.2, 0.25) is 0 Å². The summed E-state index contributed by atoms with van der Waals surface area (Å²) < 4.78 is 4.65. The van der Waals surface area contributed by atoms with Crippen LogP contribution < -0.4 is 0 Å². The summed E-state index contributed by atoms with van der Waals surface area (Å²) in [4.78, 5) is 13.2. The van der Waals surface area contributed by atoms with E-state index in [0.717, 1.165) is 19.5 Å². The Labute approximate surface area is 78.5 Å². The number of carbonyl (C=O) groups is 1. The average Bonchev–Trinajstić information content (AvgIpc) is 2.01. The van der Waals surface area contributed by atoms with Crippen LogP contribution in [0.15, 0.2) is 0 Å². The highest BCUT2D eigenvalue weighted by Gasteiger charge is 2.34. The van der Waals surface area contributed by atoms with Crippen LogP contribution in [-0.2, 0) is 9.53 Å². The van der Waals surface area contributed by atoms with Gasteiger partial charge in [-0.25, -0.2) is 0 Å². The number of carbonyl (C=O) groups excluding carboxylic acids is 1. The Morgan fingerprint density at radius 1 is 1.77 bits per heavy atom. The average molecular weight is 187 g/mol. The third kappa shape index (κ3) is 2.67. The van der Waals surface area contributed by atoms with Crippen molar-refractivity contribution in [3.05, 3.63) is 0 Å². The Morgan fingerprint density at radius 3 is 2.85 bits per heavy atom. The van der Waals surface area contributed by atoms with Crippen molar-refractivity contribution >= 4 is 5.97 Å². The molecule has 0 aromatic heterocycles. The second kappa shape index (κ2) is 4.58. The second-order valence-corrected chi connectivity index (χ2v) is 3.50. The molecule has 1 aliphatic rings. The van der Waals surface area contributed by atoms with Crippen molar-refractivity contribution in [1.82, 2.24) is 4.90 Å². The summed E-state index contributed by atoms with van der Waals surface area (Å²) in [6.45, 7) is 3.47. The van der Waals surface area contributed by atoms with Crippen LogP contribution in [0.4, 0.5) is 0 Å². The SMILES string of the molecule is COC(=O)C1CCN1CCC(C)O. The van der Waals surface area contributed by atoms with Gasteiger partial charge in [-0.15, -0.1) is 0 Å². The molecule has 1 saturated heterocycles. The molecule has 4 nitrogen and oxygen atoms in total. The van der Waals surface area contributed by atoms with Crippen LogP contribution in [0.5, 0.6) is 0 Å². The lowest BCUT2D eigenvalue weighted by Gasteiger charge is -2.38. The van der Waals surface area contributed by atoms with E-state index < -0.39 is 0 Å². The Bertz CT molecular complexity index is 182. The molecule has 2 atom stereocenters. The summed E-state index contributed by atoms with van der Waals surface area (Å²) in [5, 5.41) is 9.06. The second-order valence-electron chi connectivity index (χ2n) is 3.50. The van der Waals surface area contributed by atoms with Crippen molar-refractivity contribution in [2.75, 3.05) is 20.2 Å². The fourth-order valence-electron chi connectivity index (χ4n) is 1.46. The maximum absolute atomic E-state index is 11.1. The fraction of sp³-hybridized carbons (Fsp3) is 0.889. The maximum atomic E-state index is 11.1. The van der Waals surface area contributed by atoms with Gasteiger partial charge in [0, 0.05) is 13.1 Å². The molecule has 0 aromatic carbocycles. The highest BCUT2D eigenvalue weighted by atomic mass is 16.5. The molecular formula is C9H17NO3. The lowest BCUT2D eigenvalue weighted by Crippen LogP contribution is -2.53. The van der Waals surface area contributed by atoms with Crippen molar-refractivity contribution in [3.8, 4) is 0 Å². The zero-order valence-corrected chi connectivity index (χ0v) is 8.19. The van der Waals surface area contributed by atoms with Crippen LogP contribution in [0.1, 0.15) is 19.8 Å². The van der Waals surface area contributed by atoms with E-state index in [4.69, 9.17) is 5.11 Å². The molecular weight excluding hydrogens is 170 g/mol. The monoisotopic (exact) mass is 187 g/mol. The van der Waals surface area contributed by atoms with E-state index in [-0.39, 0.29) is 18.1 Å². The van der Waals surface area contributed by atoms with Crippen molar-refractivity contribution < 1.29 is 14.6 Å². The summed E-state index contributed by atoms with van der Waals surface area (Å²) in [6, 6.07) is -0.0660. The number of methoxy groups -OCH3 is 1. The van der Waals surface area contributed by atoms with Gasteiger partial charge in [0.25, 0.3) is 0 Å². The molecule has 0 saturated carbocycles. The summed E-state index contributed by atoms with van der Waals surface area (Å²) in [5.41, 5.74) is 0. The molecule has 76 valence electrons. The lowest BCUT2D eigenvalue weighted by atomic mass is 10.0. The fourth-order valence-corrected chi connectivity index (χ4v) is 1.46. The molecule has 1 aliphatic heterocycles. The first kappa shape index (κ1) is 10.5. The number of ether oxygens (including phenoxy) is 1. The number of aliphatic hydroxyl groups is 1. The minimum atomic E-state index is -0.293. The topological polar surface area (TPSA) is 49.8 Å². The molecule has 0 spiro atoms. The van der Waals surface area contributed by atoms with Crippen molar-refractivity contribution in [3.63, 3.8) is 0 Å². The summed E-state index contributed by atoms with van der Waals surface area (Å²) in [5.74, 6) is -0.156. The molecule has 1 fully saturated rings. The van der Waals surface area contributed by atoms with Crippen LogP contribution in [0, 0.1) is 0 Å². The molecule has 0 bridgehead atoms. The normalized spacial score (nSPS) is 25.0. The maximum Gasteiger partial charge on any atom is 0.323 e. The van der Waals surface area contributed by atoms with Crippen LogP contribution in [0.3, 0.4) is 0 Å². The van der Waals surface area contributed by atoms with Gasteiger partial charge in [-0.05, 0) is 19.8 Å². The zero-order chi connectivity index (χ0) is 9.84. The molecule has 1 rings (SSSR count). The van der Waals surface area contributed by atoms with Gasteiger partial charge in [0.1, 0.15) is 6.04 Å². The van der Waals surface area contributed by atoms with Crippen LogP contribution in [-0.4, -0.2) is 48.3 Å². The van der Waals surface area contributed by atoms with Gasteiger partial charge in [-0.1, -0.05) is 0 Å². The number of rotatable bonds is 4. The van der Waals surface area contributed by atoms with E-state index in [1.54, 1.807) is 6.92 Å². The van der Waals surface area contributed by atoms with Gasteiger partial charge in [-0.3, -0.25) is 9.69 Å². The predicted molar refractivity (Wildman–Crippen MR) is 48.3 cm³/mol. The van der Waals surface area contributed by atoms with Gasteiger partial charge < -0.3 is 9.84 Å². The molecule has 2 unspecified atom stereocenters. The smallest absolute Gasteiger partial charge is 0.323 e. The molecule has 0 radical (unpaired) electrons. The van der Waals surface area contributed by atoms with E-state index >= 15 is 0 Å².